The van der Waals surface area contributed by atoms with E-state index in [1.165, 1.54) is 5.56 Å². The zero-order valence-corrected chi connectivity index (χ0v) is 14.6. The van der Waals surface area contributed by atoms with Crippen LogP contribution in [-0.4, -0.2) is 60.9 Å². The van der Waals surface area contributed by atoms with Crippen LogP contribution in [0.1, 0.15) is 12.0 Å². The van der Waals surface area contributed by atoms with E-state index in [-0.39, 0.29) is 0 Å². The minimum Gasteiger partial charge on any atom is -0.497 e. The van der Waals surface area contributed by atoms with Gasteiger partial charge in [0.25, 0.3) is 0 Å². The standard InChI is InChI=1S/C17H26N6O/c1-23(2)12-4-10-18-16-13-20-22-17(21-16)19-11-9-14-5-7-15(24-3)8-6-14/h5-8,13H,4,9-12H2,1-3H3,(H2,18,19,21,22). The number of anilines is 2. The number of nitrogens with one attached hydrogen (secondary N) is 2. The van der Waals surface area contributed by atoms with E-state index in [1.54, 1.807) is 13.3 Å². The van der Waals surface area contributed by atoms with Crippen molar-refractivity contribution in [1.29, 1.82) is 0 Å². The van der Waals surface area contributed by atoms with Crippen LogP contribution in [0.25, 0.3) is 0 Å². The Morgan fingerprint density at radius 2 is 1.88 bits per heavy atom. The highest BCUT2D eigenvalue weighted by molar-refractivity contribution is 5.37. The fourth-order valence-electron chi connectivity index (χ4n) is 2.19. The van der Waals surface area contributed by atoms with Gasteiger partial charge in [0.1, 0.15) is 5.75 Å². The molecule has 0 aliphatic carbocycles. The summed E-state index contributed by atoms with van der Waals surface area (Å²) >= 11 is 0. The minimum absolute atomic E-state index is 0.543. The molecule has 0 amide bonds. The monoisotopic (exact) mass is 330 g/mol. The summed E-state index contributed by atoms with van der Waals surface area (Å²) in [5, 5.41) is 14.5. The summed E-state index contributed by atoms with van der Waals surface area (Å²) < 4.78 is 5.16. The molecule has 1 aromatic heterocycles. The molecule has 2 rings (SSSR count). The molecule has 0 radical (unpaired) electrons. The Labute approximate surface area is 143 Å². The summed E-state index contributed by atoms with van der Waals surface area (Å²) in [7, 11) is 5.80. The molecule has 1 heterocycles. The van der Waals surface area contributed by atoms with Crippen LogP contribution in [-0.2, 0) is 6.42 Å². The van der Waals surface area contributed by atoms with Gasteiger partial charge >= 0.3 is 0 Å². The topological polar surface area (TPSA) is 75.2 Å². The lowest BCUT2D eigenvalue weighted by molar-refractivity contribution is 0.405. The molecule has 130 valence electrons. The molecule has 0 fully saturated rings. The van der Waals surface area contributed by atoms with Gasteiger partial charge in [0.15, 0.2) is 5.82 Å². The van der Waals surface area contributed by atoms with Crippen molar-refractivity contribution < 1.29 is 4.74 Å². The quantitative estimate of drug-likeness (QED) is 0.644. The SMILES string of the molecule is COc1ccc(CCNc2nncc(NCCCN(C)C)n2)cc1. The number of rotatable bonds is 10. The number of hydrogen-bond donors (Lipinski definition) is 2. The third kappa shape index (κ3) is 6.37. The van der Waals surface area contributed by atoms with Crippen LogP contribution >= 0.6 is 0 Å². The van der Waals surface area contributed by atoms with E-state index in [0.717, 1.165) is 44.0 Å². The summed E-state index contributed by atoms with van der Waals surface area (Å²) in [6.07, 6.45) is 3.58. The predicted molar refractivity (Wildman–Crippen MR) is 96.7 cm³/mol. The first-order valence-electron chi connectivity index (χ1n) is 8.12. The molecule has 0 aliphatic heterocycles. The molecule has 0 spiro atoms. The van der Waals surface area contributed by atoms with E-state index >= 15 is 0 Å². The van der Waals surface area contributed by atoms with E-state index in [4.69, 9.17) is 4.74 Å². The van der Waals surface area contributed by atoms with Crippen LogP contribution in [0.5, 0.6) is 5.75 Å². The van der Waals surface area contributed by atoms with Crippen LogP contribution in [0.15, 0.2) is 30.5 Å². The zero-order chi connectivity index (χ0) is 17.2. The van der Waals surface area contributed by atoms with Crippen molar-refractivity contribution in [3.8, 4) is 5.75 Å². The molecule has 1 aromatic carbocycles. The number of hydrogen-bond acceptors (Lipinski definition) is 7. The first kappa shape index (κ1) is 17.9. The molecule has 2 aromatic rings. The van der Waals surface area contributed by atoms with E-state index in [0.29, 0.717) is 5.95 Å². The highest BCUT2D eigenvalue weighted by Crippen LogP contribution is 2.12. The second-order valence-electron chi connectivity index (χ2n) is 5.77. The van der Waals surface area contributed by atoms with Crippen molar-refractivity contribution in [3.05, 3.63) is 36.0 Å². The molecular weight excluding hydrogens is 304 g/mol. The van der Waals surface area contributed by atoms with Gasteiger partial charge in [-0.2, -0.15) is 10.1 Å². The van der Waals surface area contributed by atoms with Crippen molar-refractivity contribution in [2.24, 2.45) is 0 Å². The molecular formula is C17H26N6O. The molecule has 0 unspecified atom stereocenters. The Bertz CT molecular complexity index is 602. The minimum atomic E-state index is 0.543. The van der Waals surface area contributed by atoms with Crippen molar-refractivity contribution in [1.82, 2.24) is 20.1 Å². The summed E-state index contributed by atoms with van der Waals surface area (Å²) in [6, 6.07) is 8.04. The zero-order valence-electron chi connectivity index (χ0n) is 14.6. The molecule has 0 atom stereocenters. The summed E-state index contributed by atoms with van der Waals surface area (Å²) in [5.41, 5.74) is 1.23. The van der Waals surface area contributed by atoms with Gasteiger partial charge in [0.2, 0.25) is 5.95 Å². The molecule has 0 saturated carbocycles. The first-order valence-corrected chi connectivity index (χ1v) is 8.12. The number of benzene rings is 1. The van der Waals surface area contributed by atoms with Gasteiger partial charge in [-0.05, 0) is 51.2 Å². The van der Waals surface area contributed by atoms with Crippen molar-refractivity contribution in [3.63, 3.8) is 0 Å². The summed E-state index contributed by atoms with van der Waals surface area (Å²) in [4.78, 5) is 6.58. The lowest BCUT2D eigenvalue weighted by Gasteiger charge is -2.10. The largest absolute Gasteiger partial charge is 0.497 e. The lowest BCUT2D eigenvalue weighted by atomic mass is 10.1. The maximum atomic E-state index is 5.16. The van der Waals surface area contributed by atoms with Crippen molar-refractivity contribution in [2.75, 3.05) is 51.5 Å². The Kier molecular flexibility index (Phi) is 7.22. The Balaban J connectivity index is 1.74. The molecule has 7 heteroatoms. The van der Waals surface area contributed by atoms with E-state index in [2.05, 4.69) is 56.9 Å². The van der Waals surface area contributed by atoms with E-state index in [9.17, 15) is 0 Å². The average Bonchev–Trinajstić information content (AvgIpc) is 2.60. The van der Waals surface area contributed by atoms with Gasteiger partial charge in [-0.15, -0.1) is 5.10 Å². The van der Waals surface area contributed by atoms with Gasteiger partial charge in [-0.3, -0.25) is 0 Å². The van der Waals surface area contributed by atoms with Crippen LogP contribution < -0.4 is 15.4 Å². The lowest BCUT2D eigenvalue weighted by Crippen LogP contribution is -2.17. The Morgan fingerprint density at radius 1 is 1.08 bits per heavy atom. The Hall–Kier alpha value is -2.41. The molecule has 24 heavy (non-hydrogen) atoms. The maximum absolute atomic E-state index is 5.16. The van der Waals surface area contributed by atoms with Gasteiger partial charge in [-0.1, -0.05) is 12.1 Å². The third-order valence-electron chi connectivity index (χ3n) is 3.50. The second-order valence-corrected chi connectivity index (χ2v) is 5.77. The predicted octanol–water partition coefficient (Wildman–Crippen LogP) is 1.90. The number of nitrogens with zero attached hydrogens (tertiary/aromatic N) is 4. The molecule has 2 N–H and O–H groups in total. The smallest absolute Gasteiger partial charge is 0.244 e. The number of aromatic nitrogens is 3. The maximum Gasteiger partial charge on any atom is 0.244 e. The molecule has 0 saturated heterocycles. The van der Waals surface area contributed by atoms with Gasteiger partial charge < -0.3 is 20.3 Å². The van der Waals surface area contributed by atoms with Gasteiger partial charge in [0.05, 0.1) is 13.3 Å². The van der Waals surface area contributed by atoms with E-state index in [1.807, 2.05) is 12.1 Å². The van der Waals surface area contributed by atoms with Crippen LogP contribution in [0.4, 0.5) is 11.8 Å². The number of methoxy groups -OCH3 is 1. The normalized spacial score (nSPS) is 10.7. The molecule has 0 aliphatic rings. The van der Waals surface area contributed by atoms with Crippen molar-refractivity contribution >= 4 is 11.8 Å². The van der Waals surface area contributed by atoms with E-state index < -0.39 is 0 Å². The highest BCUT2D eigenvalue weighted by atomic mass is 16.5. The van der Waals surface area contributed by atoms with Crippen LogP contribution in [0.3, 0.4) is 0 Å². The van der Waals surface area contributed by atoms with Crippen LogP contribution in [0, 0.1) is 0 Å². The first-order chi connectivity index (χ1) is 11.7. The van der Waals surface area contributed by atoms with Gasteiger partial charge in [-0.25, -0.2) is 0 Å². The number of ether oxygens (including phenoxy) is 1. The molecule has 0 bridgehead atoms. The molecule has 7 nitrogen and oxygen atoms in total. The summed E-state index contributed by atoms with van der Waals surface area (Å²) in [5.74, 6) is 2.16. The fraction of sp³-hybridized carbons (Fsp3) is 0.471. The summed E-state index contributed by atoms with van der Waals surface area (Å²) in [6.45, 7) is 2.65. The average molecular weight is 330 g/mol. The van der Waals surface area contributed by atoms with Crippen LogP contribution in [0.2, 0.25) is 0 Å². The second kappa shape index (κ2) is 9.67. The highest BCUT2D eigenvalue weighted by Gasteiger charge is 2.01. The van der Waals surface area contributed by atoms with Gasteiger partial charge in [0, 0.05) is 13.1 Å². The Morgan fingerprint density at radius 3 is 2.58 bits per heavy atom. The fourth-order valence-corrected chi connectivity index (χ4v) is 2.19. The van der Waals surface area contributed by atoms with Crippen molar-refractivity contribution in [2.45, 2.75) is 12.8 Å². The third-order valence-corrected chi connectivity index (χ3v) is 3.50.